The molecule has 1 fully saturated rings. The molecule has 16 heavy (non-hydrogen) atoms. The zero-order valence-electron chi connectivity index (χ0n) is 10.1. The molecule has 1 heterocycles. The zero-order chi connectivity index (χ0) is 12.2. The molecule has 1 rings (SSSR count). The van der Waals surface area contributed by atoms with E-state index in [0.29, 0.717) is 18.2 Å². The van der Waals surface area contributed by atoms with E-state index in [0.717, 1.165) is 25.3 Å². The van der Waals surface area contributed by atoms with Crippen molar-refractivity contribution in [2.75, 3.05) is 37.4 Å². The first kappa shape index (κ1) is 14.3. The van der Waals surface area contributed by atoms with Crippen LogP contribution >= 0.6 is 11.8 Å². The molecular formula is C10H22N2O2S2. The molecule has 2 unspecified atom stereocenters. The van der Waals surface area contributed by atoms with Crippen LogP contribution in [0.3, 0.4) is 0 Å². The molecule has 0 aliphatic carbocycles. The molecule has 0 amide bonds. The van der Waals surface area contributed by atoms with Gasteiger partial charge in [-0.3, -0.25) is 4.90 Å². The highest BCUT2D eigenvalue weighted by Gasteiger charge is 2.31. The summed E-state index contributed by atoms with van der Waals surface area (Å²) >= 11 is 1.73. The topological polar surface area (TPSA) is 63.4 Å². The smallest absolute Gasteiger partial charge is 0.164 e. The van der Waals surface area contributed by atoms with Crippen molar-refractivity contribution >= 4 is 21.6 Å². The van der Waals surface area contributed by atoms with E-state index in [4.69, 9.17) is 5.73 Å². The number of hydrogen-bond acceptors (Lipinski definition) is 5. The van der Waals surface area contributed by atoms with E-state index < -0.39 is 9.84 Å². The molecule has 2 N–H and O–H groups in total. The Morgan fingerprint density at radius 2 is 2.25 bits per heavy atom. The molecule has 0 spiro atoms. The minimum Gasteiger partial charge on any atom is -0.330 e. The van der Waals surface area contributed by atoms with Crippen LogP contribution in [0.15, 0.2) is 0 Å². The maximum absolute atomic E-state index is 11.7. The predicted molar refractivity (Wildman–Crippen MR) is 70.4 cm³/mol. The van der Waals surface area contributed by atoms with E-state index in [1.165, 1.54) is 6.26 Å². The van der Waals surface area contributed by atoms with Crippen LogP contribution in [0.4, 0.5) is 0 Å². The van der Waals surface area contributed by atoms with Gasteiger partial charge < -0.3 is 5.73 Å². The maximum Gasteiger partial charge on any atom is 0.164 e. The summed E-state index contributed by atoms with van der Waals surface area (Å²) in [6.07, 6.45) is 2.30. The monoisotopic (exact) mass is 266 g/mol. The van der Waals surface area contributed by atoms with Crippen LogP contribution in [0.5, 0.6) is 0 Å². The second-order valence-electron chi connectivity index (χ2n) is 4.54. The van der Waals surface area contributed by atoms with Gasteiger partial charge in [-0.25, -0.2) is 8.42 Å². The normalized spacial score (nSPS) is 25.6. The van der Waals surface area contributed by atoms with Gasteiger partial charge in [-0.2, -0.15) is 11.8 Å². The fourth-order valence-corrected chi connectivity index (χ4v) is 4.95. The quantitative estimate of drug-likeness (QED) is 0.780. The number of sulfone groups is 1. The van der Waals surface area contributed by atoms with Crippen molar-refractivity contribution in [3.63, 3.8) is 0 Å². The van der Waals surface area contributed by atoms with Gasteiger partial charge in [-0.15, -0.1) is 0 Å². The molecule has 0 saturated carbocycles. The van der Waals surface area contributed by atoms with Crippen molar-refractivity contribution in [3.8, 4) is 0 Å². The second-order valence-corrected chi connectivity index (χ2v) is 7.89. The van der Waals surface area contributed by atoms with Crippen LogP contribution in [0.25, 0.3) is 0 Å². The lowest BCUT2D eigenvalue weighted by Gasteiger charge is -2.35. The summed E-state index contributed by atoms with van der Waals surface area (Å²) in [6, 6.07) is 0. The van der Waals surface area contributed by atoms with Crippen LogP contribution in [0.2, 0.25) is 0 Å². The lowest BCUT2D eigenvalue weighted by Crippen LogP contribution is -2.48. The molecule has 0 aromatic carbocycles. The number of rotatable bonds is 5. The van der Waals surface area contributed by atoms with E-state index in [-0.39, 0.29) is 5.37 Å². The Hall–Kier alpha value is 0.220. The average molecular weight is 266 g/mol. The molecule has 2 atom stereocenters. The molecule has 4 nitrogen and oxygen atoms in total. The Labute approximate surface area is 103 Å². The lowest BCUT2D eigenvalue weighted by molar-refractivity contribution is 0.230. The first-order chi connectivity index (χ1) is 7.45. The minimum atomic E-state index is -2.96. The predicted octanol–water partition coefficient (Wildman–Crippen LogP) is 0.391. The first-order valence-electron chi connectivity index (χ1n) is 5.66. The minimum absolute atomic E-state index is 0.300. The number of nitrogens with zero attached hydrogens (tertiary/aromatic N) is 1. The van der Waals surface area contributed by atoms with E-state index in [2.05, 4.69) is 11.8 Å². The summed E-state index contributed by atoms with van der Waals surface area (Å²) in [5.41, 5.74) is 5.51. The van der Waals surface area contributed by atoms with Crippen molar-refractivity contribution < 1.29 is 8.42 Å². The van der Waals surface area contributed by atoms with Gasteiger partial charge in [0.2, 0.25) is 0 Å². The van der Waals surface area contributed by atoms with Crippen molar-refractivity contribution in [2.45, 2.75) is 18.7 Å². The van der Waals surface area contributed by atoms with Gasteiger partial charge in [0.1, 0.15) is 5.37 Å². The Morgan fingerprint density at radius 1 is 1.56 bits per heavy atom. The van der Waals surface area contributed by atoms with E-state index in [1.54, 1.807) is 11.8 Å². The van der Waals surface area contributed by atoms with Gasteiger partial charge in [0.25, 0.3) is 0 Å². The van der Waals surface area contributed by atoms with Gasteiger partial charge >= 0.3 is 0 Å². The van der Waals surface area contributed by atoms with Crippen LogP contribution < -0.4 is 5.73 Å². The van der Waals surface area contributed by atoms with E-state index >= 15 is 0 Å². The third-order valence-corrected chi connectivity index (χ3v) is 5.58. The Balaban J connectivity index is 2.61. The molecular weight excluding hydrogens is 244 g/mol. The molecule has 0 radical (unpaired) electrons. The number of nitrogens with two attached hydrogens (primary N) is 1. The molecule has 0 bridgehead atoms. The summed E-state index contributed by atoms with van der Waals surface area (Å²) in [5, 5.41) is -0.300. The lowest BCUT2D eigenvalue weighted by atomic mass is 10.1. The van der Waals surface area contributed by atoms with Gasteiger partial charge in [0, 0.05) is 30.9 Å². The van der Waals surface area contributed by atoms with Gasteiger partial charge in [-0.05, 0) is 18.9 Å². The summed E-state index contributed by atoms with van der Waals surface area (Å²) < 4.78 is 23.3. The largest absolute Gasteiger partial charge is 0.330 e. The number of hydrogen-bond donors (Lipinski definition) is 1. The molecule has 6 heteroatoms. The van der Waals surface area contributed by atoms with E-state index in [9.17, 15) is 8.42 Å². The first-order valence-corrected chi connectivity index (χ1v) is 8.76. The van der Waals surface area contributed by atoms with Crippen molar-refractivity contribution in [1.29, 1.82) is 0 Å². The fraction of sp³-hybridized carbons (Fsp3) is 1.00. The average Bonchev–Trinajstić information content (AvgIpc) is 2.17. The fourth-order valence-electron chi connectivity index (χ4n) is 1.99. The SMILES string of the molecule is CC(CCN)CN1CCSCC1S(C)(=O)=O. The summed E-state index contributed by atoms with van der Waals surface area (Å²) in [5.74, 6) is 2.20. The Bertz CT molecular complexity index is 306. The molecule has 0 aromatic rings. The standard InChI is InChI=1S/C10H22N2O2S2/c1-9(3-4-11)7-12-5-6-15-8-10(12)16(2,13)14/h9-10H,3-8,11H2,1-2H3. The zero-order valence-corrected chi connectivity index (χ0v) is 11.7. The highest BCUT2D eigenvalue weighted by molar-refractivity contribution is 8.00. The van der Waals surface area contributed by atoms with E-state index in [1.807, 2.05) is 0 Å². The van der Waals surface area contributed by atoms with Gasteiger partial charge in [0.15, 0.2) is 9.84 Å². The summed E-state index contributed by atoms with van der Waals surface area (Å²) in [4.78, 5) is 2.10. The highest BCUT2D eigenvalue weighted by Crippen LogP contribution is 2.21. The second kappa shape index (κ2) is 6.23. The molecule has 1 aliphatic rings. The highest BCUT2D eigenvalue weighted by atomic mass is 32.2. The molecule has 0 aromatic heterocycles. The summed E-state index contributed by atoms with van der Waals surface area (Å²) in [6.45, 7) is 4.52. The van der Waals surface area contributed by atoms with Crippen molar-refractivity contribution in [1.82, 2.24) is 4.90 Å². The summed E-state index contributed by atoms with van der Waals surface area (Å²) in [7, 11) is -2.96. The van der Waals surface area contributed by atoms with Crippen molar-refractivity contribution in [3.05, 3.63) is 0 Å². The van der Waals surface area contributed by atoms with Crippen LogP contribution in [0.1, 0.15) is 13.3 Å². The third-order valence-electron chi connectivity index (χ3n) is 2.89. The Kier molecular flexibility index (Phi) is 5.56. The van der Waals surface area contributed by atoms with Gasteiger partial charge in [0.05, 0.1) is 0 Å². The van der Waals surface area contributed by atoms with Crippen LogP contribution in [0, 0.1) is 5.92 Å². The van der Waals surface area contributed by atoms with Crippen LogP contribution in [-0.2, 0) is 9.84 Å². The van der Waals surface area contributed by atoms with Gasteiger partial charge in [-0.1, -0.05) is 6.92 Å². The Morgan fingerprint density at radius 3 is 2.81 bits per heavy atom. The van der Waals surface area contributed by atoms with Crippen LogP contribution in [-0.4, -0.2) is 56.1 Å². The molecule has 1 saturated heterocycles. The molecule has 1 aliphatic heterocycles. The molecule has 96 valence electrons. The van der Waals surface area contributed by atoms with Crippen molar-refractivity contribution in [2.24, 2.45) is 11.7 Å². The third kappa shape index (κ3) is 4.24. The number of thioether (sulfide) groups is 1. The maximum atomic E-state index is 11.7.